The summed E-state index contributed by atoms with van der Waals surface area (Å²) in [5.74, 6) is -1.35. The molecule has 6 heteroatoms. The number of carboxylic acids is 1. The number of nitrogens with zero attached hydrogens (tertiary/aromatic N) is 2. The first kappa shape index (κ1) is 17.2. The van der Waals surface area contributed by atoms with E-state index in [0.29, 0.717) is 16.4 Å². The second-order valence-electron chi connectivity index (χ2n) is 5.96. The van der Waals surface area contributed by atoms with Crippen molar-refractivity contribution >= 4 is 29.2 Å². The van der Waals surface area contributed by atoms with E-state index in [0.717, 1.165) is 22.7 Å². The number of carbonyl (C=O) groups is 1. The molecule has 0 aliphatic carbocycles. The minimum absolute atomic E-state index is 0.0375. The first-order valence-corrected chi connectivity index (χ1v) is 8.14. The lowest BCUT2D eigenvalue weighted by molar-refractivity contribution is -0.131. The Balaban J connectivity index is 2.42. The number of rotatable bonds is 4. The fourth-order valence-electron chi connectivity index (χ4n) is 2.79. The third kappa shape index (κ3) is 3.28. The molecule has 128 valence electrons. The molecule has 0 aliphatic heterocycles. The maximum atomic E-state index is 13.4. The molecule has 25 heavy (non-hydrogen) atoms. The van der Waals surface area contributed by atoms with Gasteiger partial charge in [0.05, 0.1) is 11.2 Å². The molecule has 0 radical (unpaired) electrons. The molecule has 0 fully saturated rings. The molecule has 1 N–H and O–H groups in total. The largest absolute Gasteiger partial charge is 0.478 e. The van der Waals surface area contributed by atoms with Gasteiger partial charge in [-0.15, -0.1) is 0 Å². The van der Waals surface area contributed by atoms with E-state index in [1.807, 2.05) is 19.9 Å². The van der Waals surface area contributed by atoms with Crippen LogP contribution in [0.25, 0.3) is 22.7 Å². The molecule has 2 aromatic heterocycles. The number of carboxylic acid groups (broad SMARTS) is 1. The van der Waals surface area contributed by atoms with Gasteiger partial charge in [0.2, 0.25) is 0 Å². The van der Waals surface area contributed by atoms with Crippen LogP contribution in [0.15, 0.2) is 42.5 Å². The molecule has 0 saturated carbocycles. The topological polar surface area (TPSA) is 54.6 Å². The van der Waals surface area contributed by atoms with E-state index >= 15 is 0 Å². The Morgan fingerprint density at radius 3 is 2.52 bits per heavy atom. The average molecular weight is 359 g/mol. The summed E-state index contributed by atoms with van der Waals surface area (Å²) in [6.45, 7) is 3.94. The fraction of sp³-hybridized carbons (Fsp3) is 0.158. The van der Waals surface area contributed by atoms with Crippen LogP contribution in [0.3, 0.4) is 0 Å². The summed E-state index contributed by atoms with van der Waals surface area (Å²) in [4.78, 5) is 11.0. The van der Waals surface area contributed by atoms with Crippen LogP contribution in [0.1, 0.15) is 31.0 Å². The fourth-order valence-corrected chi connectivity index (χ4v) is 2.98. The lowest BCUT2D eigenvalue weighted by Gasteiger charge is -2.16. The Hall–Kier alpha value is -2.66. The van der Waals surface area contributed by atoms with Gasteiger partial charge in [-0.3, -0.25) is 0 Å². The summed E-state index contributed by atoms with van der Waals surface area (Å²) in [5, 5.41) is 14.1. The average Bonchev–Trinajstić information content (AvgIpc) is 2.93. The van der Waals surface area contributed by atoms with Crippen LogP contribution in [0, 0.1) is 5.82 Å². The number of aromatic nitrogens is 2. The monoisotopic (exact) mass is 358 g/mol. The Morgan fingerprint density at radius 1 is 1.24 bits per heavy atom. The zero-order valence-corrected chi connectivity index (χ0v) is 14.5. The SMILES string of the molecule is CC(C)c1nn2c(Cl)ccc2c(-c2ccc(F)cc2)c1/C=C/C(=O)O. The number of hydrogen-bond acceptors (Lipinski definition) is 2. The van der Waals surface area contributed by atoms with E-state index in [9.17, 15) is 9.18 Å². The minimum Gasteiger partial charge on any atom is -0.478 e. The van der Waals surface area contributed by atoms with Gasteiger partial charge in [-0.05, 0) is 41.8 Å². The van der Waals surface area contributed by atoms with E-state index in [1.165, 1.54) is 18.2 Å². The first-order valence-electron chi connectivity index (χ1n) is 7.76. The normalized spacial score (nSPS) is 11.7. The van der Waals surface area contributed by atoms with Gasteiger partial charge in [0, 0.05) is 17.2 Å². The standard InChI is InChI=1S/C19H16ClFN2O2/c1-11(2)19-14(7-10-17(24)25)18(12-3-5-13(21)6-4-12)15-8-9-16(20)23(15)22-19/h3-11H,1-2H3,(H,24,25)/b10-7+. The van der Waals surface area contributed by atoms with Crippen molar-refractivity contribution in [3.05, 3.63) is 64.7 Å². The van der Waals surface area contributed by atoms with Gasteiger partial charge in [0.25, 0.3) is 0 Å². The molecule has 3 rings (SSSR count). The van der Waals surface area contributed by atoms with Crippen LogP contribution in [0.4, 0.5) is 4.39 Å². The van der Waals surface area contributed by atoms with E-state index in [4.69, 9.17) is 16.7 Å². The molecule has 0 amide bonds. The summed E-state index contributed by atoms with van der Waals surface area (Å²) < 4.78 is 15.0. The maximum Gasteiger partial charge on any atom is 0.328 e. The zero-order chi connectivity index (χ0) is 18.1. The van der Waals surface area contributed by atoms with E-state index in [1.54, 1.807) is 22.7 Å². The Morgan fingerprint density at radius 2 is 1.92 bits per heavy atom. The molecule has 2 heterocycles. The lowest BCUT2D eigenvalue weighted by Crippen LogP contribution is -2.06. The van der Waals surface area contributed by atoms with Crippen molar-refractivity contribution in [3.8, 4) is 11.1 Å². The molecule has 0 atom stereocenters. The molecule has 0 bridgehead atoms. The van der Waals surface area contributed by atoms with Crippen LogP contribution >= 0.6 is 11.6 Å². The summed E-state index contributed by atoms with van der Waals surface area (Å²) in [5.41, 5.74) is 3.65. The Kier molecular flexibility index (Phi) is 4.59. The van der Waals surface area contributed by atoms with Gasteiger partial charge >= 0.3 is 5.97 Å². The number of fused-ring (bicyclic) bond motifs is 1. The molecular weight excluding hydrogens is 343 g/mol. The lowest BCUT2D eigenvalue weighted by atomic mass is 9.94. The van der Waals surface area contributed by atoms with Crippen molar-refractivity contribution in [2.24, 2.45) is 0 Å². The second kappa shape index (κ2) is 6.69. The quantitative estimate of drug-likeness (QED) is 0.666. The predicted molar refractivity (Wildman–Crippen MR) is 96.4 cm³/mol. The zero-order valence-electron chi connectivity index (χ0n) is 13.7. The highest BCUT2D eigenvalue weighted by molar-refractivity contribution is 6.30. The van der Waals surface area contributed by atoms with Crippen molar-refractivity contribution in [3.63, 3.8) is 0 Å². The van der Waals surface area contributed by atoms with Crippen LogP contribution in [-0.4, -0.2) is 20.7 Å². The van der Waals surface area contributed by atoms with Gasteiger partial charge in [-0.2, -0.15) is 5.10 Å². The Labute approximate surface area is 149 Å². The van der Waals surface area contributed by atoms with Crippen LogP contribution in [0.2, 0.25) is 5.15 Å². The number of aliphatic carboxylic acids is 1. The highest BCUT2D eigenvalue weighted by atomic mass is 35.5. The van der Waals surface area contributed by atoms with Gasteiger partial charge in [-0.1, -0.05) is 37.6 Å². The maximum absolute atomic E-state index is 13.4. The van der Waals surface area contributed by atoms with Gasteiger partial charge in [0.15, 0.2) is 0 Å². The minimum atomic E-state index is -1.05. The van der Waals surface area contributed by atoms with Crippen molar-refractivity contribution in [1.29, 1.82) is 0 Å². The van der Waals surface area contributed by atoms with Gasteiger partial charge < -0.3 is 5.11 Å². The van der Waals surface area contributed by atoms with Crippen LogP contribution < -0.4 is 0 Å². The summed E-state index contributed by atoms with van der Waals surface area (Å²) >= 11 is 6.24. The summed E-state index contributed by atoms with van der Waals surface area (Å²) in [7, 11) is 0. The molecule has 1 aromatic carbocycles. The highest BCUT2D eigenvalue weighted by Crippen LogP contribution is 2.35. The summed E-state index contributed by atoms with van der Waals surface area (Å²) in [6.07, 6.45) is 2.61. The van der Waals surface area contributed by atoms with E-state index in [2.05, 4.69) is 5.10 Å². The smallest absolute Gasteiger partial charge is 0.328 e. The molecule has 0 unspecified atom stereocenters. The van der Waals surface area contributed by atoms with Gasteiger partial charge in [-0.25, -0.2) is 13.7 Å². The van der Waals surface area contributed by atoms with E-state index in [-0.39, 0.29) is 11.7 Å². The number of benzene rings is 1. The molecule has 3 aromatic rings. The molecule has 0 spiro atoms. The Bertz CT molecular complexity index is 975. The van der Waals surface area contributed by atoms with Crippen molar-refractivity contribution < 1.29 is 14.3 Å². The second-order valence-corrected chi connectivity index (χ2v) is 6.35. The highest BCUT2D eigenvalue weighted by Gasteiger charge is 2.19. The predicted octanol–water partition coefficient (Wildman–Crippen LogP) is 5.02. The molecule has 0 aliphatic rings. The molecular formula is C19H16ClFN2O2. The summed E-state index contributed by atoms with van der Waals surface area (Å²) in [6, 6.07) is 9.61. The number of halogens is 2. The van der Waals surface area contributed by atoms with Crippen molar-refractivity contribution in [1.82, 2.24) is 9.61 Å². The van der Waals surface area contributed by atoms with Crippen molar-refractivity contribution in [2.45, 2.75) is 19.8 Å². The molecule has 4 nitrogen and oxygen atoms in total. The first-order chi connectivity index (χ1) is 11.9. The van der Waals surface area contributed by atoms with Crippen LogP contribution in [0.5, 0.6) is 0 Å². The van der Waals surface area contributed by atoms with E-state index < -0.39 is 5.97 Å². The van der Waals surface area contributed by atoms with Crippen molar-refractivity contribution in [2.75, 3.05) is 0 Å². The van der Waals surface area contributed by atoms with Crippen LogP contribution in [-0.2, 0) is 4.79 Å². The molecule has 0 saturated heterocycles. The third-order valence-electron chi connectivity index (χ3n) is 3.89. The third-order valence-corrected chi connectivity index (χ3v) is 4.18. The van der Waals surface area contributed by atoms with Gasteiger partial charge in [0.1, 0.15) is 11.0 Å². The number of hydrogen-bond donors (Lipinski definition) is 1.